The Bertz CT molecular complexity index is 54.8. The molecule has 0 fully saturated rings. The Morgan fingerprint density at radius 1 is 0.500 bits per heavy atom. The normalized spacial score (nSPS) is 7.71. The van der Waals surface area contributed by atoms with E-state index in [1.165, 1.54) is 0 Å². The van der Waals surface area contributed by atoms with Crippen LogP contribution in [0.25, 0.3) is 0 Å². The summed E-state index contributed by atoms with van der Waals surface area (Å²) in [6.45, 7) is 0. The largest absolute Gasteiger partial charge is 3.00 e. The SMILES string of the molecule is NP([O-])[O-].NP([O-])[O-].NP([O-])[O-].[Ir+3].[Ir+3]. The molecular formula is H6Ir2N3O6P3. The van der Waals surface area contributed by atoms with Crippen LogP contribution >= 0.6 is 25.6 Å². The van der Waals surface area contributed by atoms with Crippen LogP contribution in [-0.2, 0) is 40.2 Å². The van der Waals surface area contributed by atoms with Gasteiger partial charge in [-0.1, -0.05) is 0 Å². The average molecular weight is 621 g/mol. The van der Waals surface area contributed by atoms with Gasteiger partial charge in [0.15, 0.2) is 0 Å². The molecule has 0 atom stereocenters. The monoisotopic (exact) mass is 623 g/mol. The van der Waals surface area contributed by atoms with E-state index in [1.54, 1.807) is 0 Å². The van der Waals surface area contributed by atoms with E-state index in [2.05, 4.69) is 16.5 Å². The van der Waals surface area contributed by atoms with Crippen molar-refractivity contribution in [1.29, 1.82) is 0 Å². The van der Waals surface area contributed by atoms with Crippen molar-refractivity contribution < 1.29 is 69.6 Å². The predicted molar refractivity (Wildman–Crippen MR) is 33.3 cm³/mol. The summed E-state index contributed by atoms with van der Waals surface area (Å²) in [6.07, 6.45) is 0. The van der Waals surface area contributed by atoms with Crippen molar-refractivity contribution in [2.45, 2.75) is 0 Å². The first-order chi connectivity index (χ1) is 5.20. The van der Waals surface area contributed by atoms with E-state index < -0.39 is 25.6 Å². The topological polar surface area (TPSA) is 216 Å². The van der Waals surface area contributed by atoms with Gasteiger partial charge in [-0.15, -0.1) is 0 Å². The van der Waals surface area contributed by atoms with Crippen molar-refractivity contribution in [2.24, 2.45) is 16.5 Å². The molecular weight excluding hydrogens is 615 g/mol. The summed E-state index contributed by atoms with van der Waals surface area (Å²) in [6, 6.07) is 0. The van der Waals surface area contributed by atoms with Gasteiger partial charge < -0.3 is 45.9 Å². The Morgan fingerprint density at radius 3 is 0.500 bits per heavy atom. The number of rotatable bonds is 0. The maximum atomic E-state index is 8.81. The van der Waals surface area contributed by atoms with Gasteiger partial charge in [0.1, 0.15) is 0 Å². The molecule has 0 aliphatic rings. The van der Waals surface area contributed by atoms with Crippen LogP contribution in [0, 0.1) is 0 Å². The van der Waals surface area contributed by atoms with E-state index in [1.807, 2.05) is 0 Å². The third-order valence-electron chi connectivity index (χ3n) is 0. The Balaban J connectivity index is -0.0000000270. The van der Waals surface area contributed by atoms with E-state index >= 15 is 0 Å². The third-order valence-corrected chi connectivity index (χ3v) is 0. The van der Waals surface area contributed by atoms with Crippen LogP contribution in [0.2, 0.25) is 0 Å². The molecule has 0 amide bonds. The zero-order valence-corrected chi connectivity index (χ0v) is 13.7. The molecule has 9 nitrogen and oxygen atoms in total. The molecule has 0 unspecified atom stereocenters. The van der Waals surface area contributed by atoms with E-state index in [-0.39, 0.29) is 40.2 Å². The summed E-state index contributed by atoms with van der Waals surface area (Å²) in [7, 11) is -7.86. The average Bonchev–Trinajstić information content (AvgIpc) is 1.54. The van der Waals surface area contributed by atoms with Crippen LogP contribution in [0.3, 0.4) is 0 Å². The Morgan fingerprint density at radius 2 is 0.500 bits per heavy atom. The quantitative estimate of drug-likeness (QED) is 0.219. The fourth-order valence-corrected chi connectivity index (χ4v) is 0. The van der Waals surface area contributed by atoms with Gasteiger partial charge >= 0.3 is 40.2 Å². The minimum atomic E-state index is -2.62. The summed E-state index contributed by atoms with van der Waals surface area (Å²) >= 11 is 0. The molecule has 14 heavy (non-hydrogen) atoms. The van der Waals surface area contributed by atoms with Crippen LogP contribution in [0.5, 0.6) is 0 Å². The van der Waals surface area contributed by atoms with Crippen LogP contribution in [0.4, 0.5) is 0 Å². The van der Waals surface area contributed by atoms with Crippen molar-refractivity contribution in [3.05, 3.63) is 0 Å². The molecule has 0 radical (unpaired) electrons. The second-order valence-electron chi connectivity index (χ2n) is 0.856. The Kier molecular flexibility index (Phi) is 52.1. The first kappa shape index (κ1) is 29.9. The standard InChI is InChI=1S/2Ir.3H2NO2P/c;;3*1-4(2)3/h;;3*1H2/q2*+3;3*-2. The fourth-order valence-electron chi connectivity index (χ4n) is 0. The van der Waals surface area contributed by atoms with Gasteiger partial charge in [0.25, 0.3) is 0 Å². The Hall–Kier alpha value is 2.23. The summed E-state index contributed by atoms with van der Waals surface area (Å²) < 4.78 is 0. The van der Waals surface area contributed by atoms with Gasteiger partial charge in [-0.3, -0.25) is 0 Å². The fraction of sp³-hybridized carbons (Fsp3) is 0. The molecule has 0 rings (SSSR count). The molecule has 0 saturated heterocycles. The summed E-state index contributed by atoms with van der Waals surface area (Å²) in [5.41, 5.74) is 12.2. The van der Waals surface area contributed by atoms with Crippen LogP contribution in [-0.4, -0.2) is 0 Å². The predicted octanol–water partition coefficient (Wildman–Crippen LogP) is -6.33. The zero-order valence-electron chi connectivity index (χ0n) is 6.19. The molecule has 0 heterocycles. The minimum absolute atomic E-state index is 0. The third kappa shape index (κ3) is 501. The van der Waals surface area contributed by atoms with Gasteiger partial charge in [0.2, 0.25) is 0 Å². The van der Waals surface area contributed by atoms with Crippen molar-refractivity contribution in [1.82, 2.24) is 0 Å². The van der Waals surface area contributed by atoms with Crippen molar-refractivity contribution in [3.63, 3.8) is 0 Å². The van der Waals surface area contributed by atoms with Crippen LogP contribution < -0.4 is 45.9 Å². The molecule has 6 N–H and O–H groups in total. The summed E-state index contributed by atoms with van der Waals surface area (Å²) in [5, 5.41) is 0. The first-order valence-electron chi connectivity index (χ1n) is 1.87. The van der Waals surface area contributed by atoms with E-state index in [0.29, 0.717) is 0 Å². The van der Waals surface area contributed by atoms with Crippen LogP contribution in [0.1, 0.15) is 0 Å². The molecule has 0 aliphatic carbocycles. The van der Waals surface area contributed by atoms with E-state index in [9.17, 15) is 0 Å². The summed E-state index contributed by atoms with van der Waals surface area (Å²) in [5.74, 6) is 0. The second-order valence-corrected chi connectivity index (χ2v) is 2.57. The van der Waals surface area contributed by atoms with Gasteiger partial charge in [-0.05, 0) is 0 Å². The molecule has 0 aromatic rings. The maximum Gasteiger partial charge on any atom is 3.00 e. The molecule has 0 bridgehead atoms. The molecule has 14 heteroatoms. The van der Waals surface area contributed by atoms with Gasteiger partial charge in [0, 0.05) is 0 Å². The Labute approximate surface area is 111 Å². The summed E-state index contributed by atoms with van der Waals surface area (Å²) in [4.78, 5) is 52.9. The molecule has 0 spiro atoms. The van der Waals surface area contributed by atoms with Crippen molar-refractivity contribution in [2.75, 3.05) is 0 Å². The first-order valence-corrected chi connectivity index (χ1v) is 5.61. The maximum absolute atomic E-state index is 8.81. The number of nitrogens with two attached hydrogens (primary N) is 3. The molecule has 0 aromatic carbocycles. The molecule has 0 saturated carbocycles. The number of hydrogen-bond acceptors (Lipinski definition) is 9. The second kappa shape index (κ2) is 24.5. The van der Waals surface area contributed by atoms with Crippen molar-refractivity contribution in [3.8, 4) is 0 Å². The van der Waals surface area contributed by atoms with Gasteiger partial charge in [-0.25, -0.2) is 25.6 Å². The zero-order chi connectivity index (χ0) is 10.7. The molecule has 0 aromatic heterocycles. The minimum Gasteiger partial charge on any atom is -0.830 e. The van der Waals surface area contributed by atoms with Gasteiger partial charge in [0.05, 0.1) is 0 Å². The van der Waals surface area contributed by atoms with E-state index in [4.69, 9.17) is 29.4 Å². The molecule has 90 valence electrons. The number of hydrogen-bond donors (Lipinski definition) is 3. The molecule has 0 aliphatic heterocycles. The van der Waals surface area contributed by atoms with Gasteiger partial charge in [-0.2, -0.15) is 0 Å². The van der Waals surface area contributed by atoms with Crippen LogP contribution in [0.15, 0.2) is 0 Å². The van der Waals surface area contributed by atoms with E-state index in [0.717, 1.165) is 0 Å². The van der Waals surface area contributed by atoms with Crippen molar-refractivity contribution >= 4 is 25.6 Å². The smallest absolute Gasteiger partial charge is 0.830 e.